The van der Waals surface area contributed by atoms with Crippen LogP contribution in [0.3, 0.4) is 0 Å². The van der Waals surface area contributed by atoms with E-state index in [2.05, 4.69) is 10.3 Å². The predicted molar refractivity (Wildman–Crippen MR) is 80.1 cm³/mol. The van der Waals surface area contributed by atoms with Gasteiger partial charge in [-0.1, -0.05) is 37.5 Å². The van der Waals surface area contributed by atoms with Crippen molar-refractivity contribution in [2.45, 2.75) is 38.1 Å². The Bertz CT molecular complexity index is 577. The van der Waals surface area contributed by atoms with E-state index in [0.29, 0.717) is 11.6 Å². The molecule has 0 amide bonds. The molecule has 1 heterocycles. The van der Waals surface area contributed by atoms with Gasteiger partial charge in [0.1, 0.15) is 11.6 Å². The molecule has 1 aromatic carbocycles. The minimum Gasteiger partial charge on any atom is -0.367 e. The van der Waals surface area contributed by atoms with Gasteiger partial charge in [0.15, 0.2) is 0 Å². The summed E-state index contributed by atoms with van der Waals surface area (Å²) in [5.74, 6) is 0.653. The first-order chi connectivity index (χ1) is 9.83. The van der Waals surface area contributed by atoms with Crippen molar-refractivity contribution in [3.63, 3.8) is 0 Å². The number of nitrogens with zero attached hydrogens (tertiary/aromatic N) is 1. The predicted octanol–water partition coefficient (Wildman–Crippen LogP) is 4.63. The monoisotopic (exact) mass is 270 g/mol. The molecule has 0 unspecified atom stereocenters. The first kappa shape index (κ1) is 13.1. The lowest BCUT2D eigenvalue weighted by Gasteiger charge is -2.23. The van der Waals surface area contributed by atoms with Gasteiger partial charge in [-0.25, -0.2) is 9.37 Å². The van der Waals surface area contributed by atoms with Crippen LogP contribution in [0.1, 0.15) is 32.1 Å². The van der Waals surface area contributed by atoms with Crippen LogP contribution in [0.25, 0.3) is 11.1 Å². The molecule has 104 valence electrons. The summed E-state index contributed by atoms with van der Waals surface area (Å²) in [5.41, 5.74) is 1.50. The van der Waals surface area contributed by atoms with Crippen LogP contribution in [0.15, 0.2) is 42.6 Å². The third-order valence-corrected chi connectivity index (χ3v) is 3.90. The Kier molecular flexibility index (Phi) is 3.95. The van der Waals surface area contributed by atoms with E-state index in [9.17, 15) is 4.39 Å². The van der Waals surface area contributed by atoms with Crippen molar-refractivity contribution in [2.24, 2.45) is 0 Å². The molecule has 0 atom stereocenters. The van der Waals surface area contributed by atoms with E-state index in [1.165, 1.54) is 38.2 Å². The maximum Gasteiger partial charge on any atom is 0.131 e. The molecule has 0 spiro atoms. The number of rotatable bonds is 3. The quantitative estimate of drug-likeness (QED) is 0.879. The Balaban J connectivity index is 1.80. The average Bonchev–Trinajstić information content (AvgIpc) is 2.49. The van der Waals surface area contributed by atoms with Crippen molar-refractivity contribution in [1.29, 1.82) is 0 Å². The van der Waals surface area contributed by atoms with Gasteiger partial charge in [0.25, 0.3) is 0 Å². The van der Waals surface area contributed by atoms with E-state index in [0.717, 1.165) is 11.4 Å². The fourth-order valence-electron chi connectivity index (χ4n) is 2.83. The van der Waals surface area contributed by atoms with Gasteiger partial charge in [-0.3, -0.25) is 0 Å². The van der Waals surface area contributed by atoms with Crippen LogP contribution in [0.5, 0.6) is 0 Å². The molecular weight excluding hydrogens is 251 g/mol. The van der Waals surface area contributed by atoms with Gasteiger partial charge in [0.2, 0.25) is 0 Å². The Morgan fingerprint density at radius 1 is 1.05 bits per heavy atom. The Hall–Kier alpha value is -1.90. The molecule has 1 saturated carbocycles. The first-order valence-corrected chi connectivity index (χ1v) is 7.30. The smallest absolute Gasteiger partial charge is 0.131 e. The third-order valence-electron chi connectivity index (χ3n) is 3.90. The van der Waals surface area contributed by atoms with Gasteiger partial charge < -0.3 is 5.32 Å². The standard InChI is InChI=1S/C17H19FN2/c18-16-9-5-4-8-15(16)13-10-11-19-17(12-13)20-14-6-2-1-3-7-14/h4-5,8-12,14H,1-3,6-7H2,(H,19,20). The molecular formula is C17H19FN2. The van der Waals surface area contributed by atoms with Crippen molar-refractivity contribution in [1.82, 2.24) is 4.98 Å². The summed E-state index contributed by atoms with van der Waals surface area (Å²) in [6.45, 7) is 0. The molecule has 2 aromatic rings. The molecule has 20 heavy (non-hydrogen) atoms. The molecule has 1 aromatic heterocycles. The molecule has 0 radical (unpaired) electrons. The van der Waals surface area contributed by atoms with E-state index in [1.807, 2.05) is 18.2 Å². The minimum absolute atomic E-state index is 0.192. The topological polar surface area (TPSA) is 24.9 Å². The van der Waals surface area contributed by atoms with Crippen molar-refractivity contribution in [3.05, 3.63) is 48.4 Å². The summed E-state index contributed by atoms with van der Waals surface area (Å²) >= 11 is 0. The summed E-state index contributed by atoms with van der Waals surface area (Å²) in [5, 5.41) is 3.48. The molecule has 1 aliphatic carbocycles. The molecule has 2 nitrogen and oxygen atoms in total. The van der Waals surface area contributed by atoms with Gasteiger partial charge in [-0.2, -0.15) is 0 Å². The highest BCUT2D eigenvalue weighted by Crippen LogP contribution is 2.26. The molecule has 0 saturated heterocycles. The lowest BCUT2D eigenvalue weighted by atomic mass is 9.95. The number of hydrogen-bond donors (Lipinski definition) is 1. The van der Waals surface area contributed by atoms with Crippen molar-refractivity contribution >= 4 is 5.82 Å². The second-order valence-electron chi connectivity index (χ2n) is 5.39. The minimum atomic E-state index is -0.192. The first-order valence-electron chi connectivity index (χ1n) is 7.30. The highest BCUT2D eigenvalue weighted by atomic mass is 19.1. The van der Waals surface area contributed by atoms with E-state index < -0.39 is 0 Å². The SMILES string of the molecule is Fc1ccccc1-c1ccnc(NC2CCCCC2)c1. The van der Waals surface area contributed by atoms with Gasteiger partial charge in [0, 0.05) is 17.8 Å². The highest BCUT2D eigenvalue weighted by Gasteiger charge is 2.14. The lowest BCUT2D eigenvalue weighted by molar-refractivity contribution is 0.462. The van der Waals surface area contributed by atoms with E-state index >= 15 is 0 Å². The van der Waals surface area contributed by atoms with Crippen LogP contribution >= 0.6 is 0 Å². The number of aromatic nitrogens is 1. The Labute approximate surface area is 119 Å². The zero-order valence-corrected chi connectivity index (χ0v) is 11.5. The van der Waals surface area contributed by atoms with Crippen LogP contribution in [0.4, 0.5) is 10.2 Å². The summed E-state index contributed by atoms with van der Waals surface area (Å²) in [7, 11) is 0. The maximum absolute atomic E-state index is 13.8. The molecule has 3 heteroatoms. The fraction of sp³-hybridized carbons (Fsp3) is 0.353. The molecule has 0 aliphatic heterocycles. The van der Waals surface area contributed by atoms with Crippen LogP contribution in [-0.2, 0) is 0 Å². The Morgan fingerprint density at radius 2 is 1.85 bits per heavy atom. The molecule has 0 bridgehead atoms. The van der Waals surface area contributed by atoms with Crippen LogP contribution in [0.2, 0.25) is 0 Å². The average molecular weight is 270 g/mol. The summed E-state index contributed by atoms with van der Waals surface area (Å²) in [4.78, 5) is 4.36. The number of benzene rings is 1. The number of anilines is 1. The number of hydrogen-bond acceptors (Lipinski definition) is 2. The van der Waals surface area contributed by atoms with E-state index in [-0.39, 0.29) is 5.82 Å². The maximum atomic E-state index is 13.8. The van der Waals surface area contributed by atoms with Crippen molar-refractivity contribution in [3.8, 4) is 11.1 Å². The largest absolute Gasteiger partial charge is 0.367 e. The van der Waals surface area contributed by atoms with Gasteiger partial charge in [0.05, 0.1) is 0 Å². The summed E-state index contributed by atoms with van der Waals surface area (Å²) in [6.07, 6.45) is 8.04. The number of halogens is 1. The summed E-state index contributed by atoms with van der Waals surface area (Å²) < 4.78 is 13.8. The number of pyridine rings is 1. The fourth-order valence-corrected chi connectivity index (χ4v) is 2.83. The molecule has 1 N–H and O–H groups in total. The lowest BCUT2D eigenvalue weighted by Crippen LogP contribution is -2.22. The highest BCUT2D eigenvalue weighted by molar-refractivity contribution is 5.66. The molecule has 3 rings (SSSR count). The second-order valence-corrected chi connectivity index (χ2v) is 5.39. The van der Waals surface area contributed by atoms with Crippen molar-refractivity contribution < 1.29 is 4.39 Å². The number of nitrogens with one attached hydrogen (secondary N) is 1. The van der Waals surface area contributed by atoms with Crippen LogP contribution in [0, 0.1) is 5.82 Å². The van der Waals surface area contributed by atoms with Crippen LogP contribution < -0.4 is 5.32 Å². The van der Waals surface area contributed by atoms with Gasteiger partial charge in [-0.15, -0.1) is 0 Å². The zero-order valence-electron chi connectivity index (χ0n) is 11.5. The van der Waals surface area contributed by atoms with E-state index in [4.69, 9.17) is 0 Å². The van der Waals surface area contributed by atoms with Crippen LogP contribution in [-0.4, -0.2) is 11.0 Å². The summed E-state index contributed by atoms with van der Waals surface area (Å²) in [6, 6.07) is 11.2. The normalized spacial score (nSPS) is 16.1. The Morgan fingerprint density at radius 3 is 2.65 bits per heavy atom. The zero-order chi connectivity index (χ0) is 13.8. The molecule has 1 aliphatic rings. The third kappa shape index (κ3) is 2.98. The van der Waals surface area contributed by atoms with Crippen molar-refractivity contribution in [2.75, 3.05) is 5.32 Å². The molecule has 1 fully saturated rings. The van der Waals surface area contributed by atoms with Gasteiger partial charge in [-0.05, 0) is 36.6 Å². The second kappa shape index (κ2) is 6.04. The van der Waals surface area contributed by atoms with Gasteiger partial charge >= 0.3 is 0 Å². The van der Waals surface area contributed by atoms with E-state index in [1.54, 1.807) is 18.3 Å².